The van der Waals surface area contributed by atoms with Crippen LogP contribution in [0.3, 0.4) is 0 Å². The molecule has 0 aromatic heterocycles. The number of rotatable bonds is 0. The highest BCUT2D eigenvalue weighted by atomic mass is 127. The van der Waals surface area contributed by atoms with Gasteiger partial charge in [-0.15, -0.1) is 42.1 Å². The van der Waals surface area contributed by atoms with Gasteiger partial charge < -0.3 is 0 Å². The van der Waals surface area contributed by atoms with Crippen molar-refractivity contribution in [2.75, 3.05) is 0 Å². The van der Waals surface area contributed by atoms with E-state index < -0.39 is 0 Å². The molecule has 0 aliphatic rings. The SMILES string of the molecule is Br[c-]1cc(I)cc1I. The van der Waals surface area contributed by atoms with Gasteiger partial charge in [0.1, 0.15) is 0 Å². The smallest absolute Gasteiger partial charge is 0.0733 e. The molecular formula is C5H2BrI2-. The quantitative estimate of drug-likeness (QED) is 0.467. The van der Waals surface area contributed by atoms with Gasteiger partial charge in [-0.3, -0.25) is 0 Å². The van der Waals surface area contributed by atoms with Gasteiger partial charge in [-0.1, -0.05) is 30.6 Å². The fraction of sp³-hybridized carbons (Fsp3) is 0. The number of hydrogen-bond acceptors (Lipinski definition) is 0. The molecule has 0 unspecified atom stereocenters. The van der Waals surface area contributed by atoms with Crippen LogP contribution in [0, 0.1) is 7.14 Å². The highest BCUT2D eigenvalue weighted by molar-refractivity contribution is 14.1. The summed E-state index contributed by atoms with van der Waals surface area (Å²) in [6.07, 6.45) is 0. The van der Waals surface area contributed by atoms with Gasteiger partial charge in [-0.25, -0.2) is 0 Å². The maximum atomic E-state index is 3.40. The standard InChI is InChI=1S/C5H2BrI2/c6-4-1-3(7)2-5(4)8/h1-2H/q-1. The predicted molar refractivity (Wildman–Crippen MR) is 55.2 cm³/mol. The monoisotopic (exact) mass is 395 g/mol. The zero-order valence-electron chi connectivity index (χ0n) is 3.79. The number of hydrogen-bond donors (Lipinski definition) is 0. The fourth-order valence-corrected chi connectivity index (χ4v) is 2.92. The van der Waals surface area contributed by atoms with E-state index in [2.05, 4.69) is 73.2 Å². The first-order chi connectivity index (χ1) is 3.70. The van der Waals surface area contributed by atoms with E-state index >= 15 is 0 Å². The maximum absolute atomic E-state index is 3.40. The van der Waals surface area contributed by atoms with Crippen LogP contribution in [0.4, 0.5) is 0 Å². The Kier molecular flexibility index (Phi) is 2.70. The zero-order valence-corrected chi connectivity index (χ0v) is 9.69. The first-order valence-corrected chi connectivity index (χ1v) is 4.92. The third-order valence-electron chi connectivity index (χ3n) is 0.757. The third kappa shape index (κ3) is 1.63. The Morgan fingerprint density at radius 3 is 2.25 bits per heavy atom. The average molecular weight is 396 g/mol. The lowest BCUT2D eigenvalue weighted by Crippen LogP contribution is -1.54. The summed E-state index contributed by atoms with van der Waals surface area (Å²) < 4.78 is 3.77. The van der Waals surface area contributed by atoms with Crippen LogP contribution in [0.2, 0.25) is 0 Å². The van der Waals surface area contributed by atoms with Crippen molar-refractivity contribution in [2.24, 2.45) is 0 Å². The summed E-state index contributed by atoms with van der Waals surface area (Å²) in [4.78, 5) is 0. The highest BCUT2D eigenvalue weighted by Gasteiger charge is 1.85. The summed E-state index contributed by atoms with van der Waals surface area (Å²) in [7, 11) is 0. The van der Waals surface area contributed by atoms with E-state index in [1.807, 2.05) is 0 Å². The molecule has 0 saturated heterocycles. The zero-order chi connectivity index (χ0) is 6.15. The molecule has 1 aromatic rings. The van der Waals surface area contributed by atoms with Crippen LogP contribution < -0.4 is 0 Å². The molecule has 0 heterocycles. The van der Waals surface area contributed by atoms with Crippen LogP contribution in [0.25, 0.3) is 0 Å². The van der Waals surface area contributed by atoms with Gasteiger partial charge in [0.15, 0.2) is 0 Å². The molecule has 8 heavy (non-hydrogen) atoms. The molecule has 3 heteroatoms. The van der Waals surface area contributed by atoms with Crippen molar-refractivity contribution < 1.29 is 0 Å². The summed E-state index contributed by atoms with van der Waals surface area (Å²) >= 11 is 7.99. The van der Waals surface area contributed by atoms with Gasteiger partial charge >= 0.3 is 0 Å². The Balaban J connectivity index is 3.14. The molecule has 0 N–H and O–H groups in total. The van der Waals surface area contributed by atoms with Gasteiger partial charge in [0.25, 0.3) is 0 Å². The molecule has 0 atom stereocenters. The van der Waals surface area contributed by atoms with E-state index in [9.17, 15) is 0 Å². The van der Waals surface area contributed by atoms with Crippen LogP contribution >= 0.6 is 61.1 Å². The van der Waals surface area contributed by atoms with Crippen LogP contribution in [0.15, 0.2) is 16.6 Å². The fourth-order valence-electron chi connectivity index (χ4n) is 0.422. The van der Waals surface area contributed by atoms with Crippen LogP contribution in [-0.4, -0.2) is 0 Å². The molecule has 0 fully saturated rings. The summed E-state index contributed by atoms with van der Waals surface area (Å²) in [6, 6.07) is 4.23. The molecule has 44 valence electrons. The Morgan fingerprint density at radius 1 is 1.50 bits per heavy atom. The Hall–Kier alpha value is 1.29. The van der Waals surface area contributed by atoms with Crippen LogP contribution in [0.1, 0.15) is 0 Å². The van der Waals surface area contributed by atoms with Crippen molar-refractivity contribution in [3.05, 3.63) is 23.7 Å². The van der Waals surface area contributed by atoms with Gasteiger partial charge in [-0.05, 0) is 0 Å². The molecule has 0 bridgehead atoms. The molecule has 0 radical (unpaired) electrons. The summed E-state index contributed by atoms with van der Waals surface area (Å²) in [5.41, 5.74) is 0. The lowest BCUT2D eigenvalue weighted by atomic mass is 10.7. The van der Waals surface area contributed by atoms with Crippen molar-refractivity contribution in [1.29, 1.82) is 0 Å². The largest absolute Gasteiger partial charge is 0.187 e. The molecule has 0 saturated carbocycles. The second-order valence-corrected chi connectivity index (χ2v) is 4.63. The van der Waals surface area contributed by atoms with E-state index in [0.717, 1.165) is 0 Å². The van der Waals surface area contributed by atoms with E-state index in [1.165, 1.54) is 11.6 Å². The summed E-state index contributed by atoms with van der Waals surface area (Å²) in [5.74, 6) is 0. The maximum Gasteiger partial charge on any atom is -0.0733 e. The van der Waals surface area contributed by atoms with Gasteiger partial charge in [-0.2, -0.15) is 12.1 Å². The van der Waals surface area contributed by atoms with Crippen molar-refractivity contribution in [2.45, 2.75) is 0 Å². The Morgan fingerprint density at radius 2 is 2.12 bits per heavy atom. The lowest BCUT2D eigenvalue weighted by Gasteiger charge is -1.86. The minimum Gasteiger partial charge on any atom is -0.187 e. The molecule has 0 nitrogen and oxygen atoms in total. The number of halogens is 3. The molecule has 0 aliphatic carbocycles. The minimum absolute atomic E-state index is 1.20. The Bertz CT molecular complexity index is 173. The Labute approximate surface area is 83.8 Å². The van der Waals surface area contributed by atoms with Gasteiger partial charge in [0.2, 0.25) is 0 Å². The van der Waals surface area contributed by atoms with E-state index in [1.54, 1.807) is 0 Å². The van der Waals surface area contributed by atoms with Crippen molar-refractivity contribution in [3.8, 4) is 0 Å². The summed E-state index contributed by atoms with van der Waals surface area (Å²) in [6.45, 7) is 0. The molecule has 0 amide bonds. The van der Waals surface area contributed by atoms with E-state index in [4.69, 9.17) is 0 Å². The van der Waals surface area contributed by atoms with Gasteiger partial charge in [0.05, 0.1) is 0 Å². The lowest BCUT2D eigenvalue weighted by molar-refractivity contribution is 1.79. The molecule has 0 aliphatic heterocycles. The molecular weight excluding hydrogens is 394 g/mol. The van der Waals surface area contributed by atoms with Crippen molar-refractivity contribution in [1.82, 2.24) is 0 Å². The van der Waals surface area contributed by atoms with Crippen molar-refractivity contribution >= 4 is 61.1 Å². The topological polar surface area (TPSA) is 0 Å². The third-order valence-corrected chi connectivity index (χ3v) is 3.67. The predicted octanol–water partition coefficient (Wildman–Crippen LogP) is 3.38. The van der Waals surface area contributed by atoms with E-state index in [-0.39, 0.29) is 0 Å². The molecule has 0 spiro atoms. The molecule has 1 rings (SSSR count). The second-order valence-electron chi connectivity index (χ2n) is 1.37. The van der Waals surface area contributed by atoms with Crippen molar-refractivity contribution in [3.63, 3.8) is 0 Å². The average Bonchev–Trinajstić information content (AvgIpc) is 1.85. The second kappa shape index (κ2) is 2.92. The van der Waals surface area contributed by atoms with Gasteiger partial charge in [0, 0.05) is 0 Å². The van der Waals surface area contributed by atoms with Crippen LogP contribution in [0.5, 0.6) is 0 Å². The van der Waals surface area contributed by atoms with E-state index in [0.29, 0.717) is 0 Å². The van der Waals surface area contributed by atoms with Crippen LogP contribution in [-0.2, 0) is 0 Å². The normalized spacial score (nSPS) is 9.88. The first-order valence-electron chi connectivity index (χ1n) is 1.97. The highest BCUT2D eigenvalue weighted by Crippen LogP contribution is 2.23. The summed E-state index contributed by atoms with van der Waals surface area (Å²) in [5, 5.41) is 0. The first kappa shape index (κ1) is 7.40. The minimum atomic E-state index is 1.20. The molecule has 1 aromatic carbocycles.